The molecule has 0 aliphatic rings. The van der Waals surface area contributed by atoms with Crippen molar-refractivity contribution in [2.24, 2.45) is 0 Å². The quantitative estimate of drug-likeness (QED) is 0.0261. The van der Waals surface area contributed by atoms with Crippen molar-refractivity contribution in [3.8, 4) is 0 Å². The van der Waals surface area contributed by atoms with Crippen LogP contribution in [0.2, 0.25) is 0 Å². The monoisotopic (exact) mass is 1140 g/mol. The van der Waals surface area contributed by atoms with Gasteiger partial charge in [0.2, 0.25) is 0 Å². The Morgan fingerprint density at radius 2 is 0.434 bits per heavy atom. The van der Waals surface area contributed by atoms with Crippen LogP contribution in [0.1, 0.15) is 290 Å². The average Bonchev–Trinajstić information content (AvgIpc) is 3.50. The smallest absolute Gasteiger partial charge is 0.306 e. The third kappa shape index (κ3) is 67.7. The minimum absolute atomic E-state index is 0.104. The van der Waals surface area contributed by atoms with Crippen molar-refractivity contribution in [1.29, 1.82) is 0 Å². The van der Waals surface area contributed by atoms with Crippen LogP contribution in [0.4, 0.5) is 0 Å². The highest BCUT2D eigenvalue weighted by Crippen LogP contribution is 2.16. The Morgan fingerprint density at radius 1 is 0.241 bits per heavy atom. The molecule has 0 aliphatic heterocycles. The van der Waals surface area contributed by atoms with Gasteiger partial charge in [0.25, 0.3) is 0 Å². The molecule has 0 aromatic rings. The zero-order valence-electron chi connectivity index (χ0n) is 53.7. The molecule has 0 spiro atoms. The molecule has 1 atom stereocenters. The van der Waals surface area contributed by atoms with Crippen LogP contribution < -0.4 is 0 Å². The van der Waals surface area contributed by atoms with Gasteiger partial charge in [-0.1, -0.05) is 288 Å². The summed E-state index contributed by atoms with van der Waals surface area (Å²) in [6, 6.07) is 0. The summed E-state index contributed by atoms with van der Waals surface area (Å²) < 4.78 is 16.9. The molecule has 6 nitrogen and oxygen atoms in total. The summed E-state index contributed by atoms with van der Waals surface area (Å²) in [6.45, 7) is 6.27. The fourth-order valence-corrected chi connectivity index (χ4v) is 9.04. The van der Waals surface area contributed by atoms with E-state index in [0.29, 0.717) is 19.3 Å². The Hall–Kier alpha value is -4.97. The minimum atomic E-state index is -0.815. The molecule has 0 amide bonds. The summed E-state index contributed by atoms with van der Waals surface area (Å²) in [4.78, 5) is 38.4. The maximum Gasteiger partial charge on any atom is 0.306 e. The van der Waals surface area contributed by atoms with Crippen LogP contribution in [0, 0.1) is 0 Å². The molecular weight excluding hydrogens is 1020 g/mol. The highest BCUT2D eigenvalue weighted by molar-refractivity contribution is 5.71. The fraction of sp³-hybridized carbons (Fsp3) is 0.623. The molecule has 0 saturated heterocycles. The summed E-state index contributed by atoms with van der Waals surface area (Å²) >= 11 is 0. The first-order chi connectivity index (χ1) is 41.0. The van der Waals surface area contributed by atoms with Crippen molar-refractivity contribution >= 4 is 17.9 Å². The summed E-state index contributed by atoms with van der Waals surface area (Å²) in [5.74, 6) is -0.956. The Bertz CT molecular complexity index is 1840. The Morgan fingerprint density at radius 3 is 0.699 bits per heavy atom. The summed E-state index contributed by atoms with van der Waals surface area (Å²) in [7, 11) is 0. The Labute approximate surface area is 511 Å². The summed E-state index contributed by atoms with van der Waals surface area (Å²) in [5.41, 5.74) is 0. The van der Waals surface area contributed by atoms with Crippen LogP contribution in [0.15, 0.2) is 158 Å². The Balaban J connectivity index is 4.43. The van der Waals surface area contributed by atoms with Crippen molar-refractivity contribution in [3.05, 3.63) is 158 Å². The van der Waals surface area contributed by atoms with E-state index in [1.54, 1.807) is 0 Å². The number of hydrogen-bond acceptors (Lipinski definition) is 6. The van der Waals surface area contributed by atoms with E-state index in [-0.39, 0.29) is 37.5 Å². The maximum absolute atomic E-state index is 12.9. The van der Waals surface area contributed by atoms with Crippen molar-refractivity contribution in [2.75, 3.05) is 13.2 Å². The van der Waals surface area contributed by atoms with Crippen molar-refractivity contribution < 1.29 is 28.6 Å². The van der Waals surface area contributed by atoms with Gasteiger partial charge in [0.1, 0.15) is 13.2 Å². The van der Waals surface area contributed by atoms with E-state index in [1.165, 1.54) is 103 Å². The van der Waals surface area contributed by atoms with Gasteiger partial charge in [-0.2, -0.15) is 0 Å². The predicted molar refractivity (Wildman–Crippen MR) is 362 cm³/mol. The van der Waals surface area contributed by atoms with Gasteiger partial charge in [-0.3, -0.25) is 14.4 Å². The minimum Gasteiger partial charge on any atom is -0.462 e. The van der Waals surface area contributed by atoms with Gasteiger partial charge >= 0.3 is 17.9 Å². The van der Waals surface area contributed by atoms with Gasteiger partial charge in [-0.15, -0.1) is 0 Å². The number of esters is 3. The molecule has 0 saturated carbocycles. The van der Waals surface area contributed by atoms with Gasteiger partial charge in [0.15, 0.2) is 6.10 Å². The summed E-state index contributed by atoms with van der Waals surface area (Å²) in [5, 5.41) is 0. The van der Waals surface area contributed by atoms with E-state index in [2.05, 4.69) is 179 Å². The second-order valence-corrected chi connectivity index (χ2v) is 21.9. The third-order valence-electron chi connectivity index (χ3n) is 14.0. The number of carbonyl (C=O) groups is 3. The molecule has 0 rings (SSSR count). The average molecular weight is 1150 g/mol. The fourth-order valence-electron chi connectivity index (χ4n) is 9.04. The molecule has 0 radical (unpaired) electrons. The SMILES string of the molecule is CC/C=C\C/C=C\C/C=C\C/C=C\C/C=C\C/C=C\CCCCC(=O)OC(COC(=O)CCCCCCCCC/C=C\C/C=C\C/C=C\CC)COC(=O)CCCCCCCCCCCCCCCC/C=C\C/C=C\C/C=C\C/C=C\CC. The first kappa shape index (κ1) is 78.0. The summed E-state index contributed by atoms with van der Waals surface area (Å²) in [6.07, 6.45) is 101. The number of rotatable bonds is 60. The second-order valence-electron chi connectivity index (χ2n) is 21.9. The standard InChI is InChI=1S/C77H124O6/c1-4-7-10-13-16-19-22-25-28-31-33-35-36-37-38-39-40-42-43-46-49-52-55-58-61-64-67-70-76(79)82-73-74(72-81-75(78)69-66-63-60-57-54-51-48-45-30-27-24-21-18-15-12-9-6-3)83-77(80)71-68-65-62-59-56-53-50-47-44-41-34-32-29-26-23-20-17-14-11-8-5-2/h7-12,16-21,25-30,33-35,41,47,50,56,59,74H,4-6,13-15,22-24,31-32,36-40,42-46,48-49,51-55,57-58,60-73H2,1-3H3/b10-7-,11-8-,12-9-,19-16-,20-17-,21-18-,28-25-,29-26-,30-27-,35-33-,41-34-,50-47-,59-56-. The molecule has 0 aliphatic carbocycles. The molecule has 83 heavy (non-hydrogen) atoms. The van der Waals surface area contributed by atoms with E-state index >= 15 is 0 Å². The normalized spacial score (nSPS) is 13.1. The van der Waals surface area contributed by atoms with Crippen LogP contribution in [-0.2, 0) is 28.6 Å². The lowest BCUT2D eigenvalue weighted by Gasteiger charge is -2.18. The van der Waals surface area contributed by atoms with Crippen LogP contribution in [0.3, 0.4) is 0 Å². The third-order valence-corrected chi connectivity index (χ3v) is 14.0. The zero-order valence-corrected chi connectivity index (χ0v) is 53.7. The largest absolute Gasteiger partial charge is 0.462 e. The van der Waals surface area contributed by atoms with E-state index < -0.39 is 6.10 Å². The van der Waals surface area contributed by atoms with Gasteiger partial charge in [0, 0.05) is 19.3 Å². The molecule has 0 aromatic carbocycles. The van der Waals surface area contributed by atoms with Crippen molar-refractivity contribution in [3.63, 3.8) is 0 Å². The van der Waals surface area contributed by atoms with Crippen LogP contribution in [0.5, 0.6) is 0 Å². The van der Waals surface area contributed by atoms with Gasteiger partial charge in [-0.05, 0) is 141 Å². The van der Waals surface area contributed by atoms with E-state index in [1.807, 2.05) is 0 Å². The molecule has 6 heteroatoms. The maximum atomic E-state index is 12.9. The van der Waals surface area contributed by atoms with Crippen LogP contribution in [0.25, 0.3) is 0 Å². The second kappa shape index (κ2) is 69.5. The number of unbranched alkanes of at least 4 members (excludes halogenated alkanes) is 23. The molecule has 0 bridgehead atoms. The first-order valence-electron chi connectivity index (χ1n) is 34.0. The van der Waals surface area contributed by atoms with Gasteiger partial charge in [0.05, 0.1) is 0 Å². The molecule has 0 heterocycles. The highest BCUT2D eigenvalue weighted by atomic mass is 16.6. The first-order valence-corrected chi connectivity index (χ1v) is 34.0. The van der Waals surface area contributed by atoms with Gasteiger partial charge in [-0.25, -0.2) is 0 Å². The lowest BCUT2D eigenvalue weighted by Crippen LogP contribution is -2.30. The predicted octanol–water partition coefficient (Wildman–Crippen LogP) is 23.7. The molecular formula is C77H124O6. The van der Waals surface area contributed by atoms with E-state index in [0.717, 1.165) is 141 Å². The number of carbonyl (C=O) groups excluding carboxylic acids is 3. The van der Waals surface area contributed by atoms with Crippen molar-refractivity contribution in [1.82, 2.24) is 0 Å². The van der Waals surface area contributed by atoms with E-state index in [4.69, 9.17) is 14.2 Å². The topological polar surface area (TPSA) is 78.9 Å². The number of ether oxygens (including phenoxy) is 3. The zero-order chi connectivity index (χ0) is 59.9. The number of hydrogen-bond donors (Lipinski definition) is 0. The molecule has 0 N–H and O–H groups in total. The molecule has 468 valence electrons. The van der Waals surface area contributed by atoms with Crippen LogP contribution in [-0.4, -0.2) is 37.2 Å². The number of allylic oxidation sites excluding steroid dienone is 26. The molecule has 1 unspecified atom stereocenters. The lowest BCUT2D eigenvalue weighted by atomic mass is 10.0. The van der Waals surface area contributed by atoms with Crippen molar-refractivity contribution in [2.45, 2.75) is 297 Å². The molecule has 0 fully saturated rings. The lowest BCUT2D eigenvalue weighted by molar-refractivity contribution is -0.167. The Kier molecular flexibility index (Phi) is 65.4. The van der Waals surface area contributed by atoms with Crippen LogP contribution >= 0.6 is 0 Å². The highest BCUT2D eigenvalue weighted by Gasteiger charge is 2.19. The van der Waals surface area contributed by atoms with E-state index in [9.17, 15) is 14.4 Å². The van der Waals surface area contributed by atoms with Gasteiger partial charge < -0.3 is 14.2 Å². The molecule has 0 aromatic heterocycles.